The molecule has 2 rings (SSSR count). The number of nitrogens with one attached hydrogen (secondary N) is 1. The van der Waals surface area contributed by atoms with Gasteiger partial charge in [0.15, 0.2) is 0 Å². The van der Waals surface area contributed by atoms with Gasteiger partial charge < -0.3 is 9.88 Å². The van der Waals surface area contributed by atoms with Gasteiger partial charge in [0.1, 0.15) is 11.6 Å². The first-order valence-corrected chi connectivity index (χ1v) is 6.58. The smallest absolute Gasteiger partial charge is 0.128 e. The summed E-state index contributed by atoms with van der Waals surface area (Å²) in [6, 6.07) is 4.57. The van der Waals surface area contributed by atoms with Crippen molar-refractivity contribution in [1.29, 1.82) is 0 Å². The van der Waals surface area contributed by atoms with E-state index in [1.165, 1.54) is 6.07 Å². The molecule has 0 aliphatic carbocycles. The highest BCUT2D eigenvalue weighted by Crippen LogP contribution is 2.24. The summed E-state index contributed by atoms with van der Waals surface area (Å²) in [5.41, 5.74) is 0.601. The summed E-state index contributed by atoms with van der Waals surface area (Å²) in [7, 11) is 3.78. The standard InChI is InChI=1S/C14H17ClFN3/c1-17-13(5-6-14-18-7-8-19(14)2)11-9-10(15)3-4-12(11)16/h3-4,7-9,13,17H,5-6H2,1-2H3. The zero-order valence-electron chi connectivity index (χ0n) is 11.0. The Bertz CT molecular complexity index is 553. The number of aromatic nitrogens is 2. The molecule has 3 nitrogen and oxygen atoms in total. The summed E-state index contributed by atoms with van der Waals surface area (Å²) in [6.45, 7) is 0. The van der Waals surface area contributed by atoms with Crippen LogP contribution < -0.4 is 5.32 Å². The van der Waals surface area contributed by atoms with Crippen LogP contribution in [0.1, 0.15) is 23.9 Å². The Labute approximate surface area is 117 Å². The Morgan fingerprint density at radius 1 is 1.47 bits per heavy atom. The summed E-state index contributed by atoms with van der Waals surface area (Å²) in [5, 5.41) is 3.68. The average Bonchev–Trinajstić information content (AvgIpc) is 2.80. The molecule has 0 bridgehead atoms. The lowest BCUT2D eigenvalue weighted by Crippen LogP contribution is -2.19. The number of nitrogens with zero attached hydrogens (tertiary/aromatic N) is 2. The van der Waals surface area contributed by atoms with Crippen molar-refractivity contribution in [2.75, 3.05) is 7.05 Å². The molecular weight excluding hydrogens is 265 g/mol. The first-order chi connectivity index (χ1) is 9.11. The highest BCUT2D eigenvalue weighted by atomic mass is 35.5. The summed E-state index contributed by atoms with van der Waals surface area (Å²) in [4.78, 5) is 4.27. The fourth-order valence-electron chi connectivity index (χ4n) is 2.15. The summed E-state index contributed by atoms with van der Waals surface area (Å²) < 4.78 is 15.8. The molecule has 5 heteroatoms. The third-order valence-corrected chi connectivity index (χ3v) is 3.49. The maximum absolute atomic E-state index is 13.8. The normalized spacial score (nSPS) is 12.6. The highest BCUT2D eigenvalue weighted by molar-refractivity contribution is 6.30. The van der Waals surface area contributed by atoms with Crippen LogP contribution in [0, 0.1) is 5.82 Å². The molecule has 102 valence electrons. The van der Waals surface area contributed by atoms with Crippen molar-refractivity contribution >= 4 is 11.6 Å². The zero-order chi connectivity index (χ0) is 13.8. The molecule has 0 saturated carbocycles. The van der Waals surface area contributed by atoms with E-state index in [0.29, 0.717) is 10.6 Å². The van der Waals surface area contributed by atoms with E-state index >= 15 is 0 Å². The number of hydrogen-bond donors (Lipinski definition) is 1. The van der Waals surface area contributed by atoms with Crippen molar-refractivity contribution in [2.24, 2.45) is 7.05 Å². The number of rotatable bonds is 5. The number of imidazole rings is 1. The van der Waals surface area contributed by atoms with Crippen LogP contribution in [-0.4, -0.2) is 16.6 Å². The molecule has 0 aliphatic heterocycles. The second-order valence-electron chi connectivity index (χ2n) is 4.50. The summed E-state index contributed by atoms with van der Waals surface area (Å²) >= 11 is 5.93. The van der Waals surface area contributed by atoms with E-state index in [0.717, 1.165) is 18.7 Å². The average molecular weight is 282 g/mol. The lowest BCUT2D eigenvalue weighted by atomic mass is 10.0. The second-order valence-corrected chi connectivity index (χ2v) is 4.94. The van der Waals surface area contributed by atoms with Gasteiger partial charge in [-0.3, -0.25) is 0 Å². The fraction of sp³-hybridized carbons (Fsp3) is 0.357. The second kappa shape index (κ2) is 6.17. The topological polar surface area (TPSA) is 29.9 Å². The van der Waals surface area contributed by atoms with Crippen molar-refractivity contribution in [1.82, 2.24) is 14.9 Å². The number of aryl methyl sites for hydroxylation is 2. The van der Waals surface area contributed by atoms with E-state index in [1.54, 1.807) is 18.3 Å². The molecule has 0 fully saturated rings. The van der Waals surface area contributed by atoms with Crippen LogP contribution in [0.4, 0.5) is 4.39 Å². The number of halogens is 2. The van der Waals surface area contributed by atoms with Gasteiger partial charge in [0.2, 0.25) is 0 Å². The molecule has 2 aromatic rings. The number of hydrogen-bond acceptors (Lipinski definition) is 2. The quantitative estimate of drug-likeness (QED) is 0.913. The van der Waals surface area contributed by atoms with Crippen molar-refractivity contribution in [3.8, 4) is 0 Å². The monoisotopic (exact) mass is 281 g/mol. The molecule has 1 aromatic carbocycles. The summed E-state index contributed by atoms with van der Waals surface area (Å²) in [5.74, 6) is 0.756. The van der Waals surface area contributed by atoms with Gasteiger partial charge in [0, 0.05) is 42.5 Å². The first kappa shape index (κ1) is 14.0. The van der Waals surface area contributed by atoms with Crippen LogP contribution in [0.15, 0.2) is 30.6 Å². The van der Waals surface area contributed by atoms with E-state index in [4.69, 9.17) is 11.6 Å². The van der Waals surface area contributed by atoms with Crippen LogP contribution in [0.5, 0.6) is 0 Å². The van der Waals surface area contributed by atoms with Crippen LogP contribution >= 0.6 is 11.6 Å². The van der Waals surface area contributed by atoms with Crippen molar-refractivity contribution in [3.05, 3.63) is 52.8 Å². The van der Waals surface area contributed by atoms with E-state index in [9.17, 15) is 4.39 Å². The minimum Gasteiger partial charge on any atom is -0.338 e. The Kier molecular flexibility index (Phi) is 4.56. The van der Waals surface area contributed by atoms with Gasteiger partial charge in [-0.15, -0.1) is 0 Å². The molecule has 0 radical (unpaired) electrons. The molecular formula is C14H17ClFN3. The summed E-state index contributed by atoms with van der Waals surface area (Å²) in [6.07, 6.45) is 5.22. The molecule has 1 aromatic heterocycles. The van der Waals surface area contributed by atoms with Crippen LogP contribution in [0.25, 0.3) is 0 Å². The Balaban J connectivity index is 2.12. The van der Waals surface area contributed by atoms with E-state index < -0.39 is 0 Å². The molecule has 19 heavy (non-hydrogen) atoms. The Hall–Kier alpha value is -1.39. The molecule has 1 unspecified atom stereocenters. The molecule has 0 aliphatic rings. The van der Waals surface area contributed by atoms with Gasteiger partial charge in [-0.05, 0) is 31.7 Å². The third kappa shape index (κ3) is 3.33. The molecule has 0 spiro atoms. The first-order valence-electron chi connectivity index (χ1n) is 6.20. The van der Waals surface area contributed by atoms with E-state index in [-0.39, 0.29) is 11.9 Å². The van der Waals surface area contributed by atoms with Crippen LogP contribution in [0.2, 0.25) is 5.02 Å². The number of benzene rings is 1. The van der Waals surface area contributed by atoms with Gasteiger partial charge >= 0.3 is 0 Å². The highest BCUT2D eigenvalue weighted by Gasteiger charge is 2.15. The predicted octanol–water partition coefficient (Wildman–Crippen LogP) is 3.11. The maximum Gasteiger partial charge on any atom is 0.128 e. The zero-order valence-corrected chi connectivity index (χ0v) is 11.8. The Morgan fingerprint density at radius 3 is 2.89 bits per heavy atom. The van der Waals surface area contributed by atoms with Gasteiger partial charge in [-0.1, -0.05) is 11.6 Å². The predicted molar refractivity (Wildman–Crippen MR) is 74.7 cm³/mol. The molecule has 1 heterocycles. The van der Waals surface area contributed by atoms with Crippen molar-refractivity contribution in [2.45, 2.75) is 18.9 Å². The van der Waals surface area contributed by atoms with Gasteiger partial charge in [0.05, 0.1) is 0 Å². The largest absolute Gasteiger partial charge is 0.338 e. The lowest BCUT2D eigenvalue weighted by Gasteiger charge is -2.17. The Morgan fingerprint density at radius 2 is 2.26 bits per heavy atom. The SMILES string of the molecule is CNC(CCc1nccn1C)c1cc(Cl)ccc1F. The minimum atomic E-state index is -0.233. The molecule has 0 amide bonds. The molecule has 1 N–H and O–H groups in total. The molecule has 1 atom stereocenters. The maximum atomic E-state index is 13.8. The minimum absolute atomic E-state index is 0.0737. The van der Waals surface area contributed by atoms with Crippen molar-refractivity contribution in [3.63, 3.8) is 0 Å². The van der Waals surface area contributed by atoms with Crippen LogP contribution in [-0.2, 0) is 13.5 Å². The van der Waals surface area contributed by atoms with Gasteiger partial charge in [-0.2, -0.15) is 0 Å². The van der Waals surface area contributed by atoms with Gasteiger partial charge in [0.25, 0.3) is 0 Å². The van der Waals surface area contributed by atoms with Crippen LogP contribution in [0.3, 0.4) is 0 Å². The van der Waals surface area contributed by atoms with Crippen molar-refractivity contribution < 1.29 is 4.39 Å². The molecule has 0 saturated heterocycles. The lowest BCUT2D eigenvalue weighted by molar-refractivity contribution is 0.501. The van der Waals surface area contributed by atoms with E-state index in [1.807, 2.05) is 24.9 Å². The third-order valence-electron chi connectivity index (χ3n) is 3.26. The van der Waals surface area contributed by atoms with Gasteiger partial charge in [-0.25, -0.2) is 9.37 Å². The van der Waals surface area contributed by atoms with E-state index in [2.05, 4.69) is 10.3 Å². The fourth-order valence-corrected chi connectivity index (χ4v) is 2.33.